The normalized spacial score (nSPS) is 12.2. The highest BCUT2D eigenvalue weighted by molar-refractivity contribution is 5.51. The van der Waals surface area contributed by atoms with E-state index in [2.05, 4.69) is 30.8 Å². The smallest absolute Gasteiger partial charge is 0.223 e. The third-order valence-electron chi connectivity index (χ3n) is 2.50. The summed E-state index contributed by atoms with van der Waals surface area (Å²) in [6, 6.07) is 1.75. The number of hydrogen-bond acceptors (Lipinski definition) is 7. The Bertz CT molecular complexity index is 534. The maximum Gasteiger partial charge on any atom is 0.223 e. The average molecular weight is 248 g/mol. The van der Waals surface area contributed by atoms with Gasteiger partial charge in [-0.2, -0.15) is 9.97 Å². The molecule has 0 aliphatic heterocycles. The van der Waals surface area contributed by atoms with Gasteiger partial charge in [0.05, 0.1) is 6.04 Å². The van der Waals surface area contributed by atoms with Crippen LogP contribution in [0.15, 0.2) is 12.4 Å². The molecule has 0 radical (unpaired) electrons. The first kappa shape index (κ1) is 12.1. The standard InChI is InChI=1S/C10H16N8/c1-6(9-17-13-5-18(9)3)14-8-4-7(12-2)15-10(11)16-8/h4-6H,1-3H3,(H4,11,12,14,15,16). The zero-order valence-electron chi connectivity index (χ0n) is 10.5. The van der Waals surface area contributed by atoms with Gasteiger partial charge in [-0.05, 0) is 6.92 Å². The Morgan fingerprint density at radius 3 is 2.67 bits per heavy atom. The number of nitrogen functional groups attached to an aromatic ring is 1. The number of aryl methyl sites for hydroxylation is 1. The lowest BCUT2D eigenvalue weighted by Crippen LogP contribution is -2.14. The van der Waals surface area contributed by atoms with Crippen LogP contribution in [0, 0.1) is 0 Å². The molecule has 1 unspecified atom stereocenters. The van der Waals surface area contributed by atoms with E-state index in [0.717, 1.165) is 5.82 Å². The second kappa shape index (κ2) is 4.86. The second-order valence-electron chi connectivity index (χ2n) is 3.91. The minimum Gasteiger partial charge on any atom is -0.373 e. The van der Waals surface area contributed by atoms with Crippen LogP contribution in [0.3, 0.4) is 0 Å². The van der Waals surface area contributed by atoms with Gasteiger partial charge in [-0.3, -0.25) is 0 Å². The largest absolute Gasteiger partial charge is 0.373 e. The van der Waals surface area contributed by atoms with Crippen molar-refractivity contribution in [2.75, 3.05) is 23.4 Å². The Hall–Kier alpha value is -2.38. The Labute approximate surface area is 105 Å². The van der Waals surface area contributed by atoms with Gasteiger partial charge in [0.15, 0.2) is 5.82 Å². The predicted molar refractivity (Wildman–Crippen MR) is 69.0 cm³/mol. The number of hydrogen-bond donors (Lipinski definition) is 3. The van der Waals surface area contributed by atoms with Gasteiger partial charge in [0, 0.05) is 20.2 Å². The van der Waals surface area contributed by atoms with Crippen LogP contribution >= 0.6 is 0 Å². The molecule has 0 saturated heterocycles. The summed E-state index contributed by atoms with van der Waals surface area (Å²) in [6.07, 6.45) is 1.65. The van der Waals surface area contributed by atoms with E-state index in [4.69, 9.17) is 5.73 Å². The first-order valence-corrected chi connectivity index (χ1v) is 5.53. The third-order valence-corrected chi connectivity index (χ3v) is 2.50. The van der Waals surface area contributed by atoms with E-state index in [0.29, 0.717) is 11.6 Å². The zero-order chi connectivity index (χ0) is 13.1. The Balaban J connectivity index is 2.19. The fraction of sp³-hybridized carbons (Fsp3) is 0.400. The van der Waals surface area contributed by atoms with Crippen LogP contribution < -0.4 is 16.4 Å². The minimum absolute atomic E-state index is 0.0310. The average Bonchev–Trinajstić information content (AvgIpc) is 2.74. The van der Waals surface area contributed by atoms with Crippen molar-refractivity contribution in [1.82, 2.24) is 24.7 Å². The number of aromatic nitrogens is 5. The topological polar surface area (TPSA) is 107 Å². The van der Waals surface area contributed by atoms with E-state index in [1.54, 1.807) is 19.4 Å². The molecule has 8 nitrogen and oxygen atoms in total. The second-order valence-corrected chi connectivity index (χ2v) is 3.91. The van der Waals surface area contributed by atoms with Crippen molar-refractivity contribution < 1.29 is 0 Å². The van der Waals surface area contributed by atoms with Gasteiger partial charge >= 0.3 is 0 Å². The lowest BCUT2D eigenvalue weighted by molar-refractivity contribution is 0.716. The van der Waals surface area contributed by atoms with Crippen molar-refractivity contribution in [2.45, 2.75) is 13.0 Å². The van der Waals surface area contributed by atoms with Crippen LogP contribution in [0.4, 0.5) is 17.6 Å². The van der Waals surface area contributed by atoms with Gasteiger partial charge in [0.25, 0.3) is 0 Å². The molecule has 0 spiro atoms. The van der Waals surface area contributed by atoms with Gasteiger partial charge in [0.2, 0.25) is 5.95 Å². The molecule has 2 aromatic heterocycles. The predicted octanol–water partition coefficient (Wildman–Crippen LogP) is 0.402. The summed E-state index contributed by atoms with van der Waals surface area (Å²) in [5.74, 6) is 2.34. The van der Waals surface area contributed by atoms with Crippen LogP contribution in [0.1, 0.15) is 18.8 Å². The minimum atomic E-state index is -0.0310. The molecular weight excluding hydrogens is 232 g/mol. The molecule has 0 saturated carbocycles. The summed E-state index contributed by atoms with van der Waals surface area (Å²) in [6.45, 7) is 1.97. The lowest BCUT2D eigenvalue weighted by atomic mass is 10.3. The molecule has 18 heavy (non-hydrogen) atoms. The molecule has 2 rings (SSSR count). The highest BCUT2D eigenvalue weighted by atomic mass is 15.3. The number of anilines is 3. The molecule has 2 heterocycles. The highest BCUT2D eigenvalue weighted by Gasteiger charge is 2.12. The molecule has 8 heteroatoms. The Kier molecular flexibility index (Phi) is 3.26. The maximum atomic E-state index is 5.62. The molecule has 0 aliphatic carbocycles. The van der Waals surface area contributed by atoms with Crippen molar-refractivity contribution in [3.63, 3.8) is 0 Å². The van der Waals surface area contributed by atoms with Crippen molar-refractivity contribution >= 4 is 17.6 Å². The van der Waals surface area contributed by atoms with Crippen LogP contribution in [0.2, 0.25) is 0 Å². The first-order valence-electron chi connectivity index (χ1n) is 5.53. The summed E-state index contributed by atoms with van der Waals surface area (Å²) in [4.78, 5) is 8.14. The van der Waals surface area contributed by atoms with E-state index in [-0.39, 0.29) is 12.0 Å². The lowest BCUT2D eigenvalue weighted by Gasteiger charge is -2.14. The van der Waals surface area contributed by atoms with Crippen molar-refractivity contribution in [1.29, 1.82) is 0 Å². The Morgan fingerprint density at radius 1 is 1.33 bits per heavy atom. The third kappa shape index (κ3) is 2.47. The number of nitrogens with one attached hydrogen (secondary N) is 2. The van der Waals surface area contributed by atoms with Crippen LogP contribution in [0.5, 0.6) is 0 Å². The van der Waals surface area contributed by atoms with Gasteiger partial charge in [0.1, 0.15) is 18.0 Å². The fourth-order valence-electron chi connectivity index (χ4n) is 1.64. The summed E-state index contributed by atoms with van der Waals surface area (Å²) in [7, 11) is 3.67. The quantitative estimate of drug-likeness (QED) is 0.719. The molecule has 0 aliphatic rings. The molecule has 0 aromatic carbocycles. The molecule has 2 aromatic rings. The number of nitrogens with two attached hydrogens (primary N) is 1. The molecule has 0 fully saturated rings. The molecule has 0 amide bonds. The molecule has 1 atom stereocenters. The highest BCUT2D eigenvalue weighted by Crippen LogP contribution is 2.18. The van der Waals surface area contributed by atoms with Gasteiger partial charge in [-0.25, -0.2) is 0 Å². The van der Waals surface area contributed by atoms with Crippen molar-refractivity contribution in [2.24, 2.45) is 7.05 Å². The molecule has 96 valence electrons. The first-order chi connectivity index (χ1) is 8.60. The summed E-state index contributed by atoms with van der Waals surface area (Å²) in [5, 5.41) is 14.0. The van der Waals surface area contributed by atoms with Crippen molar-refractivity contribution in [3.8, 4) is 0 Å². The zero-order valence-corrected chi connectivity index (χ0v) is 10.5. The summed E-state index contributed by atoms with van der Waals surface area (Å²) >= 11 is 0. The van der Waals surface area contributed by atoms with Gasteiger partial charge in [-0.15, -0.1) is 10.2 Å². The van der Waals surface area contributed by atoms with Crippen molar-refractivity contribution in [3.05, 3.63) is 18.2 Å². The number of rotatable bonds is 4. The summed E-state index contributed by atoms with van der Waals surface area (Å²) in [5.41, 5.74) is 5.62. The maximum absolute atomic E-state index is 5.62. The van der Waals surface area contributed by atoms with E-state index in [1.165, 1.54) is 0 Å². The van der Waals surface area contributed by atoms with Gasteiger partial charge < -0.3 is 20.9 Å². The number of nitrogens with zero attached hydrogens (tertiary/aromatic N) is 5. The van der Waals surface area contributed by atoms with Gasteiger partial charge in [-0.1, -0.05) is 0 Å². The fourth-order valence-corrected chi connectivity index (χ4v) is 1.64. The Morgan fingerprint density at radius 2 is 2.06 bits per heavy atom. The monoisotopic (exact) mass is 248 g/mol. The molecule has 0 bridgehead atoms. The van der Waals surface area contributed by atoms with E-state index in [1.807, 2.05) is 18.5 Å². The molecule has 4 N–H and O–H groups in total. The van der Waals surface area contributed by atoms with E-state index in [9.17, 15) is 0 Å². The van der Waals surface area contributed by atoms with Crippen LogP contribution in [0.25, 0.3) is 0 Å². The molecular formula is C10H16N8. The van der Waals surface area contributed by atoms with E-state index < -0.39 is 0 Å². The summed E-state index contributed by atoms with van der Waals surface area (Å²) < 4.78 is 1.85. The van der Waals surface area contributed by atoms with Crippen LogP contribution in [-0.2, 0) is 7.05 Å². The van der Waals surface area contributed by atoms with Crippen LogP contribution in [-0.4, -0.2) is 31.8 Å². The van der Waals surface area contributed by atoms with E-state index >= 15 is 0 Å². The SMILES string of the molecule is CNc1cc(NC(C)c2nncn2C)nc(N)n1.